The number of rotatable bonds is 5. The maximum Gasteiger partial charge on any atom is 0.321 e. The van der Waals surface area contributed by atoms with Crippen LogP contribution >= 0.6 is 0 Å². The van der Waals surface area contributed by atoms with E-state index in [4.69, 9.17) is 0 Å². The molecule has 1 atom stereocenters. The monoisotopic (exact) mass is 367 g/mol. The molecule has 1 aliphatic heterocycles. The van der Waals surface area contributed by atoms with Gasteiger partial charge in [0.2, 0.25) is 5.91 Å². The lowest BCUT2D eigenvalue weighted by Crippen LogP contribution is -2.36. The predicted octanol–water partition coefficient (Wildman–Crippen LogP) is 1.73. The number of aryl methyl sites for hydroxylation is 1. The lowest BCUT2D eigenvalue weighted by Gasteiger charge is -2.22. The molecule has 0 aliphatic carbocycles. The highest BCUT2D eigenvalue weighted by molar-refractivity contribution is 7.90. The molecule has 2 rings (SSSR count). The minimum Gasteiger partial charge on any atom is -0.343 e. The molecule has 3 amide bonds. The van der Waals surface area contributed by atoms with Crippen LogP contribution in [0.2, 0.25) is 0 Å². The number of likely N-dealkylation sites (tertiary alicyclic amines) is 1. The zero-order chi connectivity index (χ0) is 18.8. The highest BCUT2D eigenvalue weighted by atomic mass is 32.2. The Morgan fingerprint density at radius 2 is 2.08 bits per heavy atom. The largest absolute Gasteiger partial charge is 0.343 e. The standard InChI is InChI=1S/C17H25N3O4S/c1-5-20-11-13(8-16(20)21)10-19(3)17(22)18-15-9-14(25(4,23)24)7-6-12(15)2/h6-7,9,13H,5,8,10-11H2,1-4H3,(H,18,22)/t13-/m0/s1. The summed E-state index contributed by atoms with van der Waals surface area (Å²) in [6.07, 6.45) is 1.58. The second-order valence-electron chi connectivity index (χ2n) is 6.56. The smallest absolute Gasteiger partial charge is 0.321 e. The van der Waals surface area contributed by atoms with Gasteiger partial charge in [-0.1, -0.05) is 6.07 Å². The predicted molar refractivity (Wildman–Crippen MR) is 96.3 cm³/mol. The zero-order valence-electron chi connectivity index (χ0n) is 15.1. The molecule has 1 aromatic rings. The van der Waals surface area contributed by atoms with Gasteiger partial charge in [-0.25, -0.2) is 13.2 Å². The fourth-order valence-electron chi connectivity index (χ4n) is 2.93. The number of amides is 3. The van der Waals surface area contributed by atoms with E-state index in [-0.39, 0.29) is 22.8 Å². The van der Waals surface area contributed by atoms with Gasteiger partial charge in [0.15, 0.2) is 9.84 Å². The van der Waals surface area contributed by atoms with Crippen molar-refractivity contribution in [3.05, 3.63) is 23.8 Å². The van der Waals surface area contributed by atoms with Crippen LogP contribution in [0.15, 0.2) is 23.1 Å². The van der Waals surface area contributed by atoms with Crippen LogP contribution < -0.4 is 5.32 Å². The lowest BCUT2D eigenvalue weighted by molar-refractivity contribution is -0.127. The molecule has 0 unspecified atom stereocenters. The van der Waals surface area contributed by atoms with Crippen LogP contribution in [0.3, 0.4) is 0 Å². The third-order valence-corrected chi connectivity index (χ3v) is 5.54. The van der Waals surface area contributed by atoms with Crippen molar-refractivity contribution in [1.82, 2.24) is 9.80 Å². The van der Waals surface area contributed by atoms with E-state index in [2.05, 4.69) is 5.32 Å². The Hall–Kier alpha value is -2.09. The van der Waals surface area contributed by atoms with Crippen LogP contribution in [0.4, 0.5) is 10.5 Å². The first-order chi connectivity index (χ1) is 11.6. The van der Waals surface area contributed by atoms with E-state index < -0.39 is 9.84 Å². The quantitative estimate of drug-likeness (QED) is 0.859. The van der Waals surface area contributed by atoms with E-state index >= 15 is 0 Å². The van der Waals surface area contributed by atoms with Crippen molar-refractivity contribution in [2.45, 2.75) is 25.2 Å². The van der Waals surface area contributed by atoms with Crippen LogP contribution in [0.25, 0.3) is 0 Å². The number of benzene rings is 1. The summed E-state index contributed by atoms with van der Waals surface area (Å²) in [6, 6.07) is 4.33. The number of hydrogen-bond acceptors (Lipinski definition) is 4. The first-order valence-corrected chi connectivity index (χ1v) is 10.1. The van der Waals surface area contributed by atoms with E-state index in [0.29, 0.717) is 31.7 Å². The molecule has 0 radical (unpaired) electrons. The van der Waals surface area contributed by atoms with Crippen molar-refractivity contribution in [3.63, 3.8) is 0 Å². The van der Waals surface area contributed by atoms with Crippen molar-refractivity contribution in [3.8, 4) is 0 Å². The molecule has 1 fully saturated rings. The molecule has 1 heterocycles. The Kier molecular flexibility index (Phi) is 5.72. The van der Waals surface area contributed by atoms with Gasteiger partial charge in [-0.05, 0) is 31.5 Å². The Morgan fingerprint density at radius 1 is 1.40 bits per heavy atom. The van der Waals surface area contributed by atoms with Gasteiger partial charge in [-0.2, -0.15) is 0 Å². The number of carbonyl (C=O) groups excluding carboxylic acids is 2. The molecule has 25 heavy (non-hydrogen) atoms. The third-order valence-electron chi connectivity index (χ3n) is 4.43. The summed E-state index contributed by atoms with van der Waals surface area (Å²) in [5, 5.41) is 2.76. The van der Waals surface area contributed by atoms with Gasteiger partial charge in [0, 0.05) is 51.0 Å². The highest BCUT2D eigenvalue weighted by Crippen LogP contribution is 2.22. The van der Waals surface area contributed by atoms with Gasteiger partial charge >= 0.3 is 6.03 Å². The molecule has 1 aromatic carbocycles. The average Bonchev–Trinajstić information content (AvgIpc) is 2.87. The second-order valence-corrected chi connectivity index (χ2v) is 8.58. The van der Waals surface area contributed by atoms with Crippen LogP contribution in [0, 0.1) is 12.8 Å². The lowest BCUT2D eigenvalue weighted by atomic mass is 10.1. The van der Waals surface area contributed by atoms with Gasteiger partial charge in [-0.3, -0.25) is 4.79 Å². The Morgan fingerprint density at radius 3 is 2.64 bits per heavy atom. The molecule has 0 saturated carbocycles. The van der Waals surface area contributed by atoms with E-state index in [1.165, 1.54) is 17.0 Å². The molecule has 1 N–H and O–H groups in total. The second kappa shape index (κ2) is 7.43. The molecular formula is C17H25N3O4S. The molecule has 1 saturated heterocycles. The number of nitrogens with zero attached hydrogens (tertiary/aromatic N) is 2. The van der Waals surface area contributed by atoms with Crippen molar-refractivity contribution in [2.24, 2.45) is 5.92 Å². The third kappa shape index (κ3) is 4.72. The van der Waals surface area contributed by atoms with Crippen molar-refractivity contribution in [1.29, 1.82) is 0 Å². The van der Waals surface area contributed by atoms with Gasteiger partial charge < -0.3 is 15.1 Å². The minimum atomic E-state index is -3.34. The summed E-state index contributed by atoms with van der Waals surface area (Å²) in [7, 11) is -1.67. The van der Waals surface area contributed by atoms with Gasteiger partial charge in [-0.15, -0.1) is 0 Å². The van der Waals surface area contributed by atoms with E-state index in [9.17, 15) is 18.0 Å². The van der Waals surface area contributed by atoms with E-state index in [1.807, 2.05) is 6.92 Å². The van der Waals surface area contributed by atoms with Crippen molar-refractivity contribution in [2.75, 3.05) is 38.3 Å². The van der Waals surface area contributed by atoms with Crippen LogP contribution in [-0.2, 0) is 14.6 Å². The van der Waals surface area contributed by atoms with Crippen LogP contribution in [-0.4, -0.2) is 63.1 Å². The Balaban J connectivity index is 2.03. The van der Waals surface area contributed by atoms with Gasteiger partial charge in [0.05, 0.1) is 4.90 Å². The normalized spacial score (nSPS) is 17.7. The zero-order valence-corrected chi connectivity index (χ0v) is 15.9. The number of hydrogen-bond donors (Lipinski definition) is 1. The summed E-state index contributed by atoms with van der Waals surface area (Å²) in [5.41, 5.74) is 1.25. The summed E-state index contributed by atoms with van der Waals surface area (Å²) < 4.78 is 23.4. The van der Waals surface area contributed by atoms with Crippen molar-refractivity contribution < 1.29 is 18.0 Å². The summed E-state index contributed by atoms with van der Waals surface area (Å²) in [6.45, 7) is 5.56. The van der Waals surface area contributed by atoms with E-state index in [1.54, 1.807) is 24.9 Å². The fourth-order valence-corrected chi connectivity index (χ4v) is 3.58. The first-order valence-electron chi connectivity index (χ1n) is 8.22. The minimum absolute atomic E-state index is 0.117. The van der Waals surface area contributed by atoms with Crippen LogP contribution in [0.1, 0.15) is 18.9 Å². The number of sulfone groups is 1. The number of anilines is 1. The Labute approximate surface area is 148 Å². The topological polar surface area (TPSA) is 86.8 Å². The maximum absolute atomic E-state index is 12.4. The van der Waals surface area contributed by atoms with Gasteiger partial charge in [0.1, 0.15) is 0 Å². The average molecular weight is 367 g/mol. The fraction of sp³-hybridized carbons (Fsp3) is 0.529. The molecule has 7 nitrogen and oxygen atoms in total. The SMILES string of the molecule is CCN1C[C@H](CN(C)C(=O)Nc2cc(S(C)(=O)=O)ccc2C)CC1=O. The van der Waals surface area contributed by atoms with Crippen molar-refractivity contribution >= 4 is 27.5 Å². The van der Waals surface area contributed by atoms with Crippen LogP contribution in [0.5, 0.6) is 0 Å². The summed E-state index contributed by atoms with van der Waals surface area (Å²) in [5.74, 6) is 0.240. The Bertz CT molecular complexity index is 776. The molecule has 1 aliphatic rings. The molecule has 0 spiro atoms. The molecular weight excluding hydrogens is 342 g/mol. The van der Waals surface area contributed by atoms with E-state index in [0.717, 1.165) is 11.8 Å². The molecule has 0 bridgehead atoms. The molecule has 138 valence electrons. The molecule has 8 heteroatoms. The molecule has 0 aromatic heterocycles. The number of nitrogens with one attached hydrogen (secondary N) is 1. The maximum atomic E-state index is 12.4. The van der Waals surface area contributed by atoms with Gasteiger partial charge in [0.25, 0.3) is 0 Å². The number of urea groups is 1. The summed E-state index contributed by atoms with van der Waals surface area (Å²) >= 11 is 0. The first kappa shape index (κ1) is 19.2. The summed E-state index contributed by atoms with van der Waals surface area (Å²) in [4.78, 5) is 27.7. The highest BCUT2D eigenvalue weighted by Gasteiger charge is 2.30. The number of carbonyl (C=O) groups is 2.